The number of hydrogen-bond acceptors (Lipinski definition) is 5. The first-order valence-electron chi connectivity index (χ1n) is 2.22. The van der Waals surface area contributed by atoms with Gasteiger partial charge in [0.05, 0.1) is 0 Å². The molecular weight excluding hydrogens is 124 g/mol. The van der Waals surface area contributed by atoms with Gasteiger partial charge in [0, 0.05) is 0 Å². The molecule has 0 amide bonds. The summed E-state index contributed by atoms with van der Waals surface area (Å²) in [6.07, 6.45) is 0. The molecule has 1 aromatic rings. The van der Waals surface area contributed by atoms with Gasteiger partial charge in [-0.05, 0) is 6.92 Å². The highest BCUT2D eigenvalue weighted by Gasteiger charge is 2.00. The van der Waals surface area contributed by atoms with Gasteiger partial charge in [0.25, 0.3) is 5.89 Å². The molecule has 0 spiro atoms. The third-order valence-corrected chi connectivity index (χ3v) is 0.702. The quantitative estimate of drug-likeness (QED) is 0.470. The van der Waals surface area contributed by atoms with Gasteiger partial charge in [-0.25, -0.2) is 0 Å². The minimum atomic E-state index is -1.45. The Morgan fingerprint density at radius 2 is 2.44 bits per heavy atom. The topological polar surface area (TPSA) is 79.0 Å². The molecule has 5 nitrogen and oxygen atoms in total. The van der Waals surface area contributed by atoms with Crippen molar-refractivity contribution < 1.29 is 14.4 Å². The van der Waals surface area contributed by atoms with Gasteiger partial charge >= 0.3 is 0 Å². The van der Waals surface area contributed by atoms with Gasteiger partial charge in [-0.15, -0.1) is 0 Å². The average molecular weight is 127 g/mol. The molecule has 0 aliphatic carbocycles. The van der Waals surface area contributed by atoms with Gasteiger partial charge in [-0.3, -0.25) is 0 Å². The predicted molar refractivity (Wildman–Crippen MR) is 23.4 cm³/mol. The number of hydrogen-bond donors (Lipinski definition) is 0. The molecular formula is C4H3N2O3-. The Balaban J connectivity index is 2.98. The lowest BCUT2D eigenvalue weighted by molar-refractivity contribution is -0.257. The average Bonchev–Trinajstić information content (AvgIpc) is 2.14. The summed E-state index contributed by atoms with van der Waals surface area (Å²) < 4.78 is 4.20. The number of carbonyl (C=O) groups excluding carboxylic acids is 1. The van der Waals surface area contributed by atoms with E-state index in [0.29, 0.717) is 0 Å². The Morgan fingerprint density at radius 3 is 2.67 bits per heavy atom. The van der Waals surface area contributed by atoms with Crippen LogP contribution in [-0.2, 0) is 0 Å². The first kappa shape index (κ1) is 5.74. The minimum Gasteiger partial charge on any atom is -0.540 e. The van der Waals surface area contributed by atoms with Crippen molar-refractivity contribution in [1.29, 1.82) is 0 Å². The molecule has 0 saturated carbocycles. The second-order valence-corrected chi connectivity index (χ2v) is 1.43. The van der Waals surface area contributed by atoms with Crippen LogP contribution in [0.1, 0.15) is 16.5 Å². The summed E-state index contributed by atoms with van der Waals surface area (Å²) >= 11 is 0. The first-order chi connectivity index (χ1) is 4.20. The van der Waals surface area contributed by atoms with E-state index in [1.807, 2.05) is 0 Å². The molecule has 1 heterocycles. The fourth-order valence-electron chi connectivity index (χ4n) is 0.380. The predicted octanol–water partition coefficient (Wildman–Crippen LogP) is -1.26. The molecule has 9 heavy (non-hydrogen) atoms. The van der Waals surface area contributed by atoms with E-state index in [0.717, 1.165) is 0 Å². The Bertz CT molecular complexity index is 229. The molecule has 0 unspecified atom stereocenters. The lowest BCUT2D eigenvalue weighted by Gasteiger charge is -1.87. The van der Waals surface area contributed by atoms with E-state index in [4.69, 9.17) is 0 Å². The zero-order valence-corrected chi connectivity index (χ0v) is 4.62. The normalized spacial score (nSPS) is 9.44. The van der Waals surface area contributed by atoms with E-state index in [-0.39, 0.29) is 5.82 Å². The van der Waals surface area contributed by atoms with Crippen LogP contribution in [0.4, 0.5) is 0 Å². The van der Waals surface area contributed by atoms with Crippen molar-refractivity contribution in [3.8, 4) is 0 Å². The van der Waals surface area contributed by atoms with E-state index in [2.05, 4.69) is 14.7 Å². The van der Waals surface area contributed by atoms with E-state index in [9.17, 15) is 9.90 Å². The highest BCUT2D eigenvalue weighted by molar-refractivity contribution is 5.79. The Morgan fingerprint density at radius 1 is 1.78 bits per heavy atom. The summed E-state index contributed by atoms with van der Waals surface area (Å²) in [5.74, 6) is -1.64. The molecule has 1 rings (SSSR count). The smallest absolute Gasteiger partial charge is 0.273 e. The number of aromatic carboxylic acids is 1. The zero-order valence-electron chi connectivity index (χ0n) is 4.62. The van der Waals surface area contributed by atoms with Crippen molar-refractivity contribution in [3.63, 3.8) is 0 Å². The first-order valence-corrected chi connectivity index (χ1v) is 2.22. The van der Waals surface area contributed by atoms with Crippen LogP contribution >= 0.6 is 0 Å². The van der Waals surface area contributed by atoms with Crippen molar-refractivity contribution in [2.45, 2.75) is 6.92 Å². The van der Waals surface area contributed by atoms with Crippen molar-refractivity contribution in [1.82, 2.24) is 10.1 Å². The molecule has 0 aliphatic heterocycles. The maximum atomic E-state index is 9.91. The molecule has 0 saturated heterocycles. The summed E-state index contributed by atoms with van der Waals surface area (Å²) in [4.78, 5) is 13.3. The molecule has 1 aromatic heterocycles. The van der Waals surface area contributed by atoms with Crippen LogP contribution in [0.25, 0.3) is 0 Å². The van der Waals surface area contributed by atoms with Gasteiger partial charge in [0.15, 0.2) is 5.82 Å². The minimum absolute atomic E-state index is 0.286. The number of carboxylic acids is 1. The van der Waals surface area contributed by atoms with Crippen molar-refractivity contribution in [2.75, 3.05) is 0 Å². The highest BCUT2D eigenvalue weighted by Crippen LogP contribution is 1.91. The number of rotatable bonds is 1. The standard InChI is InChI=1S/C4H4N2O3/c1-2-5-3(4(7)8)9-6-2/h1H3,(H,7,8)/p-1. The number of carbonyl (C=O) groups is 1. The van der Waals surface area contributed by atoms with Gasteiger partial charge in [0.2, 0.25) is 0 Å². The van der Waals surface area contributed by atoms with E-state index in [1.165, 1.54) is 6.92 Å². The van der Waals surface area contributed by atoms with E-state index in [1.54, 1.807) is 0 Å². The highest BCUT2D eigenvalue weighted by atomic mass is 16.5. The maximum Gasteiger partial charge on any atom is 0.273 e. The van der Waals surface area contributed by atoms with Crippen molar-refractivity contribution in [2.24, 2.45) is 0 Å². The summed E-state index contributed by atoms with van der Waals surface area (Å²) in [6, 6.07) is 0. The molecule has 0 aliphatic rings. The van der Waals surface area contributed by atoms with Crippen LogP contribution in [0.3, 0.4) is 0 Å². The number of aromatic nitrogens is 2. The van der Waals surface area contributed by atoms with Gasteiger partial charge in [-0.2, -0.15) is 4.98 Å². The lowest BCUT2D eigenvalue weighted by Crippen LogP contribution is -2.22. The molecule has 0 bridgehead atoms. The van der Waals surface area contributed by atoms with Crippen LogP contribution in [0.2, 0.25) is 0 Å². The third kappa shape index (κ3) is 1.04. The number of nitrogens with zero attached hydrogens (tertiary/aromatic N) is 2. The summed E-state index contributed by atoms with van der Waals surface area (Å²) in [5.41, 5.74) is 0. The molecule has 0 N–H and O–H groups in total. The maximum absolute atomic E-state index is 9.91. The summed E-state index contributed by atoms with van der Waals surface area (Å²) in [5, 5.41) is 13.1. The van der Waals surface area contributed by atoms with E-state index < -0.39 is 11.9 Å². The number of aryl methyl sites for hydroxylation is 1. The Kier molecular flexibility index (Phi) is 1.18. The van der Waals surface area contributed by atoms with Gasteiger partial charge < -0.3 is 14.4 Å². The fourth-order valence-corrected chi connectivity index (χ4v) is 0.380. The van der Waals surface area contributed by atoms with Crippen LogP contribution in [0, 0.1) is 6.92 Å². The Hall–Kier alpha value is -1.39. The van der Waals surface area contributed by atoms with Crippen LogP contribution < -0.4 is 5.11 Å². The van der Waals surface area contributed by atoms with Gasteiger partial charge in [-0.1, -0.05) is 5.16 Å². The molecule has 0 radical (unpaired) electrons. The Labute approximate surface area is 50.3 Å². The van der Waals surface area contributed by atoms with Crippen molar-refractivity contribution in [3.05, 3.63) is 11.7 Å². The monoisotopic (exact) mass is 127 g/mol. The molecule has 0 atom stereocenters. The second-order valence-electron chi connectivity index (χ2n) is 1.43. The summed E-state index contributed by atoms with van der Waals surface area (Å²) in [6.45, 7) is 1.52. The van der Waals surface area contributed by atoms with Crippen LogP contribution in [0.5, 0.6) is 0 Å². The largest absolute Gasteiger partial charge is 0.540 e. The lowest BCUT2D eigenvalue weighted by atomic mass is 10.6. The van der Waals surface area contributed by atoms with Crippen LogP contribution in [0.15, 0.2) is 4.52 Å². The second kappa shape index (κ2) is 1.85. The SMILES string of the molecule is Cc1noc(C(=O)[O-])n1. The zero-order chi connectivity index (χ0) is 6.85. The van der Waals surface area contributed by atoms with Crippen molar-refractivity contribution >= 4 is 5.97 Å². The third-order valence-electron chi connectivity index (χ3n) is 0.702. The van der Waals surface area contributed by atoms with E-state index >= 15 is 0 Å². The van der Waals surface area contributed by atoms with Gasteiger partial charge in [0.1, 0.15) is 5.97 Å². The van der Waals surface area contributed by atoms with Crippen LogP contribution in [-0.4, -0.2) is 16.1 Å². The summed E-state index contributed by atoms with van der Waals surface area (Å²) in [7, 11) is 0. The molecule has 48 valence electrons. The molecule has 5 heteroatoms. The fraction of sp³-hybridized carbons (Fsp3) is 0.250. The number of carboxylic acid groups (broad SMARTS) is 1. The molecule has 0 fully saturated rings. The molecule has 0 aromatic carbocycles.